The zero-order chi connectivity index (χ0) is 20.1. The molecule has 2 aromatic heterocycles. The van der Waals surface area contributed by atoms with Gasteiger partial charge in [-0.3, -0.25) is 14.9 Å². The number of nitrogens with zero attached hydrogens (tertiary/aromatic N) is 3. The first kappa shape index (κ1) is 18.2. The Morgan fingerprint density at radius 1 is 1.03 bits per heavy atom. The fourth-order valence-electron chi connectivity index (χ4n) is 2.83. The number of hydrogen-bond donors (Lipinski definition) is 3. The standard InChI is InChI=1S/C21H18N6O2/c1-29-18-8-3-2-7-16(18)17-12-19(27-26-17)25-21(28)14-5-4-6-15(11-14)24-20-13-22-9-10-23-20/h2-13H,1H3,(H,23,24)(H2,25,26,27,28). The molecule has 0 aliphatic heterocycles. The van der Waals surface area contributed by atoms with E-state index in [9.17, 15) is 4.79 Å². The summed E-state index contributed by atoms with van der Waals surface area (Å²) in [5.74, 6) is 1.46. The maximum absolute atomic E-state index is 12.6. The zero-order valence-corrected chi connectivity index (χ0v) is 15.6. The van der Waals surface area contributed by atoms with Gasteiger partial charge in [0.15, 0.2) is 5.82 Å². The summed E-state index contributed by atoms with van der Waals surface area (Å²) in [5.41, 5.74) is 2.82. The quantitative estimate of drug-likeness (QED) is 0.465. The van der Waals surface area contributed by atoms with Crippen molar-refractivity contribution >= 4 is 23.2 Å². The normalized spacial score (nSPS) is 10.4. The molecule has 4 aromatic rings. The van der Waals surface area contributed by atoms with Crippen LogP contribution in [-0.2, 0) is 0 Å². The van der Waals surface area contributed by atoms with E-state index in [0.717, 1.165) is 22.7 Å². The summed E-state index contributed by atoms with van der Waals surface area (Å²) < 4.78 is 5.37. The zero-order valence-electron chi connectivity index (χ0n) is 15.6. The molecule has 2 heterocycles. The van der Waals surface area contributed by atoms with Crippen molar-refractivity contribution in [3.8, 4) is 17.0 Å². The lowest BCUT2D eigenvalue weighted by atomic mass is 10.1. The monoisotopic (exact) mass is 386 g/mol. The van der Waals surface area contributed by atoms with Crippen LogP contribution in [-0.4, -0.2) is 33.2 Å². The van der Waals surface area contributed by atoms with Gasteiger partial charge in [0.05, 0.1) is 19.0 Å². The van der Waals surface area contributed by atoms with E-state index in [1.165, 1.54) is 0 Å². The van der Waals surface area contributed by atoms with Crippen molar-refractivity contribution in [2.24, 2.45) is 0 Å². The molecule has 0 saturated carbocycles. The number of rotatable bonds is 6. The van der Waals surface area contributed by atoms with Crippen LogP contribution in [0.2, 0.25) is 0 Å². The van der Waals surface area contributed by atoms with Crippen molar-refractivity contribution in [3.63, 3.8) is 0 Å². The Labute approximate surface area is 167 Å². The molecule has 144 valence electrons. The van der Waals surface area contributed by atoms with Gasteiger partial charge in [-0.1, -0.05) is 18.2 Å². The van der Waals surface area contributed by atoms with E-state index in [4.69, 9.17) is 4.74 Å². The molecule has 0 unspecified atom stereocenters. The molecule has 0 aliphatic rings. The van der Waals surface area contributed by atoms with Gasteiger partial charge in [0.1, 0.15) is 11.6 Å². The van der Waals surface area contributed by atoms with Crippen molar-refractivity contribution < 1.29 is 9.53 Å². The number of H-pyrrole nitrogens is 1. The first-order chi connectivity index (χ1) is 14.2. The molecule has 0 aliphatic carbocycles. The molecule has 0 bridgehead atoms. The predicted molar refractivity (Wildman–Crippen MR) is 110 cm³/mol. The van der Waals surface area contributed by atoms with Gasteiger partial charge in [0.25, 0.3) is 5.91 Å². The minimum Gasteiger partial charge on any atom is -0.496 e. The van der Waals surface area contributed by atoms with Crippen molar-refractivity contribution in [1.29, 1.82) is 0 Å². The first-order valence-electron chi connectivity index (χ1n) is 8.86. The Balaban J connectivity index is 1.49. The number of amides is 1. The Morgan fingerprint density at radius 2 is 1.93 bits per heavy atom. The second-order valence-corrected chi connectivity index (χ2v) is 6.12. The van der Waals surface area contributed by atoms with Crippen LogP contribution in [0, 0.1) is 0 Å². The fourth-order valence-corrected chi connectivity index (χ4v) is 2.83. The molecule has 0 spiro atoms. The Bertz CT molecular complexity index is 1130. The summed E-state index contributed by atoms with van der Waals surface area (Å²) in [6.45, 7) is 0. The molecule has 1 amide bonds. The van der Waals surface area contributed by atoms with E-state index < -0.39 is 0 Å². The van der Waals surface area contributed by atoms with Gasteiger partial charge in [0, 0.05) is 35.3 Å². The number of anilines is 3. The highest BCUT2D eigenvalue weighted by atomic mass is 16.5. The summed E-state index contributed by atoms with van der Waals surface area (Å²) in [7, 11) is 1.61. The summed E-state index contributed by atoms with van der Waals surface area (Å²) in [5, 5.41) is 13.0. The maximum atomic E-state index is 12.6. The molecule has 0 fully saturated rings. The van der Waals surface area contributed by atoms with Crippen molar-refractivity contribution in [2.75, 3.05) is 17.7 Å². The summed E-state index contributed by atoms with van der Waals surface area (Å²) in [6.07, 6.45) is 4.80. The molecule has 0 radical (unpaired) electrons. The molecule has 3 N–H and O–H groups in total. The van der Waals surface area contributed by atoms with Crippen molar-refractivity contribution in [2.45, 2.75) is 0 Å². The van der Waals surface area contributed by atoms with E-state index in [1.54, 1.807) is 50.0 Å². The smallest absolute Gasteiger partial charge is 0.256 e. The Hall–Kier alpha value is -4.20. The second-order valence-electron chi connectivity index (χ2n) is 6.12. The average Bonchev–Trinajstić information content (AvgIpc) is 3.23. The molecule has 8 heteroatoms. The van der Waals surface area contributed by atoms with Crippen LogP contribution < -0.4 is 15.4 Å². The van der Waals surface area contributed by atoms with Crippen LogP contribution in [0.15, 0.2) is 73.2 Å². The number of aromatic nitrogens is 4. The van der Waals surface area contributed by atoms with Gasteiger partial charge in [0.2, 0.25) is 0 Å². The Morgan fingerprint density at radius 3 is 2.76 bits per heavy atom. The van der Waals surface area contributed by atoms with Gasteiger partial charge in [-0.15, -0.1) is 0 Å². The fraction of sp³-hybridized carbons (Fsp3) is 0.0476. The van der Waals surface area contributed by atoms with E-state index in [1.807, 2.05) is 30.3 Å². The maximum Gasteiger partial charge on any atom is 0.256 e. The number of hydrogen-bond acceptors (Lipinski definition) is 6. The minimum atomic E-state index is -0.272. The topological polar surface area (TPSA) is 105 Å². The lowest BCUT2D eigenvalue weighted by Gasteiger charge is -2.07. The number of carbonyl (C=O) groups is 1. The van der Waals surface area contributed by atoms with Crippen LogP contribution >= 0.6 is 0 Å². The van der Waals surface area contributed by atoms with Gasteiger partial charge in [-0.2, -0.15) is 5.10 Å². The third-order valence-electron chi connectivity index (χ3n) is 4.18. The highest BCUT2D eigenvalue weighted by molar-refractivity contribution is 6.04. The van der Waals surface area contributed by atoms with Gasteiger partial charge < -0.3 is 15.4 Å². The number of carbonyl (C=O) groups excluding carboxylic acids is 1. The predicted octanol–water partition coefficient (Wildman–Crippen LogP) is 3.87. The minimum absolute atomic E-state index is 0.272. The SMILES string of the molecule is COc1ccccc1-c1cc(NC(=O)c2cccc(Nc3cnccn3)c2)n[nH]1. The number of para-hydroxylation sites is 1. The van der Waals surface area contributed by atoms with Gasteiger partial charge >= 0.3 is 0 Å². The van der Waals surface area contributed by atoms with E-state index in [0.29, 0.717) is 17.2 Å². The first-order valence-corrected chi connectivity index (χ1v) is 8.86. The Kier molecular flexibility index (Phi) is 5.15. The van der Waals surface area contributed by atoms with Gasteiger partial charge in [-0.05, 0) is 30.3 Å². The molecule has 4 rings (SSSR count). The number of ether oxygens (including phenoxy) is 1. The van der Waals surface area contributed by atoms with Crippen LogP contribution in [0.4, 0.5) is 17.3 Å². The molecule has 2 aromatic carbocycles. The third kappa shape index (κ3) is 4.22. The van der Waals surface area contributed by atoms with Crippen molar-refractivity contribution in [1.82, 2.24) is 20.2 Å². The van der Waals surface area contributed by atoms with Crippen molar-refractivity contribution in [3.05, 3.63) is 78.8 Å². The van der Waals surface area contributed by atoms with Crippen LogP contribution in [0.25, 0.3) is 11.3 Å². The number of aromatic amines is 1. The van der Waals surface area contributed by atoms with E-state index >= 15 is 0 Å². The highest BCUT2D eigenvalue weighted by Crippen LogP contribution is 2.29. The van der Waals surface area contributed by atoms with Crippen LogP contribution in [0.1, 0.15) is 10.4 Å². The third-order valence-corrected chi connectivity index (χ3v) is 4.18. The molecule has 0 saturated heterocycles. The van der Waals surface area contributed by atoms with Gasteiger partial charge in [-0.25, -0.2) is 4.98 Å². The van der Waals surface area contributed by atoms with E-state index in [-0.39, 0.29) is 5.91 Å². The summed E-state index contributed by atoms with van der Waals surface area (Å²) in [4.78, 5) is 20.8. The second kappa shape index (κ2) is 8.22. The molecule has 0 atom stereocenters. The summed E-state index contributed by atoms with van der Waals surface area (Å²) >= 11 is 0. The van der Waals surface area contributed by atoms with Crippen LogP contribution in [0.5, 0.6) is 5.75 Å². The number of nitrogens with one attached hydrogen (secondary N) is 3. The molecular formula is C21H18N6O2. The average molecular weight is 386 g/mol. The number of benzene rings is 2. The summed E-state index contributed by atoms with van der Waals surface area (Å²) in [6, 6.07) is 16.4. The molecule has 29 heavy (non-hydrogen) atoms. The van der Waals surface area contributed by atoms with Crippen LogP contribution in [0.3, 0.4) is 0 Å². The molecule has 8 nitrogen and oxygen atoms in total. The number of methoxy groups -OCH3 is 1. The lowest BCUT2D eigenvalue weighted by Crippen LogP contribution is -2.12. The highest BCUT2D eigenvalue weighted by Gasteiger charge is 2.12. The lowest BCUT2D eigenvalue weighted by molar-refractivity contribution is 0.102. The largest absolute Gasteiger partial charge is 0.496 e. The molecular weight excluding hydrogens is 368 g/mol. The van der Waals surface area contributed by atoms with E-state index in [2.05, 4.69) is 30.8 Å².